The van der Waals surface area contributed by atoms with Gasteiger partial charge >= 0.3 is 6.09 Å². The summed E-state index contributed by atoms with van der Waals surface area (Å²) >= 11 is 7.45. The van der Waals surface area contributed by atoms with Crippen molar-refractivity contribution < 1.29 is 23.6 Å². The molecule has 40 heavy (non-hydrogen) atoms. The molecule has 2 aliphatic heterocycles. The number of methoxy groups -OCH3 is 1. The first-order valence-electron chi connectivity index (χ1n) is 13.6. The fourth-order valence-corrected chi connectivity index (χ4v) is 6.26. The largest absolute Gasteiger partial charge is 0.414 e. The predicted molar refractivity (Wildman–Crippen MR) is 151 cm³/mol. The molecule has 5 rings (SSSR count). The average Bonchev–Trinajstić information content (AvgIpc) is 3.73. The van der Waals surface area contributed by atoms with Gasteiger partial charge in [-0.3, -0.25) is 4.79 Å². The maximum absolute atomic E-state index is 13.4. The van der Waals surface area contributed by atoms with Gasteiger partial charge in [0.15, 0.2) is 11.5 Å². The van der Waals surface area contributed by atoms with Crippen molar-refractivity contribution in [2.75, 3.05) is 33.4 Å². The van der Waals surface area contributed by atoms with Crippen LogP contribution >= 0.6 is 22.9 Å². The molecule has 2 aliphatic rings. The Morgan fingerprint density at radius 1 is 1.20 bits per heavy atom. The predicted octanol–water partition coefficient (Wildman–Crippen LogP) is 4.51. The van der Waals surface area contributed by atoms with Crippen LogP contribution in [0.25, 0.3) is 10.6 Å². The molecule has 13 heteroatoms. The maximum atomic E-state index is 13.4. The molecular weight excluding hydrogens is 556 g/mol. The van der Waals surface area contributed by atoms with Crippen LogP contribution < -0.4 is 10.1 Å². The van der Waals surface area contributed by atoms with Crippen molar-refractivity contribution in [3.8, 4) is 16.5 Å². The van der Waals surface area contributed by atoms with E-state index in [0.29, 0.717) is 35.0 Å². The normalized spacial score (nSPS) is 18.5. The summed E-state index contributed by atoms with van der Waals surface area (Å²) in [7, 11) is 1.63. The van der Waals surface area contributed by atoms with E-state index < -0.39 is 6.09 Å². The van der Waals surface area contributed by atoms with Gasteiger partial charge in [-0.1, -0.05) is 16.8 Å². The number of piperidine rings is 1. The van der Waals surface area contributed by atoms with E-state index in [1.54, 1.807) is 24.1 Å². The van der Waals surface area contributed by atoms with E-state index in [2.05, 4.69) is 34.3 Å². The molecular formula is C27H35ClN6O5S. The lowest BCUT2D eigenvalue weighted by Gasteiger charge is -2.34. The highest BCUT2D eigenvalue weighted by Crippen LogP contribution is 2.32. The Morgan fingerprint density at radius 3 is 2.70 bits per heavy atom. The number of thiophene rings is 1. The Balaban J connectivity index is 1.32. The van der Waals surface area contributed by atoms with Crippen LogP contribution in [0.3, 0.4) is 0 Å². The number of nitrogens with one attached hydrogen (secondary N) is 1. The lowest BCUT2D eigenvalue weighted by Crippen LogP contribution is -2.47. The summed E-state index contributed by atoms with van der Waals surface area (Å²) in [6.45, 7) is 7.42. The number of hydrogen-bond donors (Lipinski definition) is 1. The number of carbonyl (C=O) groups is 2. The number of rotatable bonds is 9. The van der Waals surface area contributed by atoms with E-state index in [1.807, 2.05) is 6.07 Å². The van der Waals surface area contributed by atoms with Crippen molar-refractivity contribution >= 4 is 34.9 Å². The molecule has 0 saturated carbocycles. The number of nitrogens with zero attached hydrogens (tertiary/aromatic N) is 5. The zero-order valence-corrected chi connectivity index (χ0v) is 24.5. The van der Waals surface area contributed by atoms with Gasteiger partial charge in [-0.15, -0.1) is 11.3 Å². The van der Waals surface area contributed by atoms with Crippen molar-refractivity contribution in [3.63, 3.8) is 0 Å². The second-order valence-electron chi connectivity index (χ2n) is 10.5. The number of carbonyl (C=O) groups excluding carboxylic acids is 2. The molecule has 1 atom stereocenters. The lowest BCUT2D eigenvalue weighted by atomic mass is 10.0. The number of ether oxygens (including phenoxy) is 2. The fourth-order valence-electron chi connectivity index (χ4n) is 5.27. The van der Waals surface area contributed by atoms with E-state index in [0.717, 1.165) is 43.6 Å². The highest BCUT2D eigenvalue weighted by molar-refractivity contribution is 7.19. The summed E-state index contributed by atoms with van der Waals surface area (Å²) in [6, 6.07) is 7.45. The zero-order chi connectivity index (χ0) is 28.2. The summed E-state index contributed by atoms with van der Waals surface area (Å²) in [5.41, 5.74) is 0.760. The number of halogens is 1. The summed E-state index contributed by atoms with van der Waals surface area (Å²) < 4.78 is 18.7. The molecule has 0 radical (unpaired) electrons. The molecule has 2 fully saturated rings. The second kappa shape index (κ2) is 12.7. The third kappa shape index (κ3) is 6.68. The quantitative estimate of drug-likeness (QED) is 0.387. The monoisotopic (exact) mass is 590 g/mol. The molecule has 2 saturated heterocycles. The fraction of sp³-hybridized carbons (Fsp3) is 0.556. The van der Waals surface area contributed by atoms with Gasteiger partial charge in [0.05, 0.1) is 28.4 Å². The Morgan fingerprint density at radius 2 is 2.00 bits per heavy atom. The third-order valence-corrected chi connectivity index (χ3v) is 8.67. The number of amides is 2. The minimum atomic E-state index is -0.573. The summed E-state index contributed by atoms with van der Waals surface area (Å²) in [4.78, 5) is 31.3. The van der Waals surface area contributed by atoms with E-state index in [-0.39, 0.29) is 36.1 Å². The summed E-state index contributed by atoms with van der Waals surface area (Å²) in [5, 5.41) is 11.7. The van der Waals surface area contributed by atoms with E-state index in [1.165, 1.54) is 22.1 Å². The van der Waals surface area contributed by atoms with Crippen LogP contribution in [0.2, 0.25) is 4.34 Å². The second-order valence-corrected chi connectivity index (χ2v) is 12.2. The molecule has 2 amide bonds. The highest BCUT2D eigenvalue weighted by atomic mass is 35.5. The maximum Gasteiger partial charge on any atom is 0.414 e. The number of hydrogen-bond acceptors (Lipinski definition) is 9. The molecule has 3 aromatic rings. The molecule has 0 unspecified atom stereocenters. The van der Waals surface area contributed by atoms with Crippen molar-refractivity contribution in [3.05, 3.63) is 40.0 Å². The van der Waals surface area contributed by atoms with Gasteiger partial charge in [0.25, 0.3) is 5.91 Å². The molecule has 0 aliphatic carbocycles. The molecule has 1 N–H and O–H groups in total. The van der Waals surface area contributed by atoms with Gasteiger partial charge in [-0.05, 0) is 51.7 Å². The van der Waals surface area contributed by atoms with Crippen LogP contribution in [0, 0.1) is 0 Å². The molecule has 0 aromatic carbocycles. The van der Waals surface area contributed by atoms with E-state index in [9.17, 15) is 9.59 Å². The topological polar surface area (TPSA) is 115 Å². The van der Waals surface area contributed by atoms with Crippen LogP contribution in [0.15, 0.2) is 28.8 Å². The van der Waals surface area contributed by atoms with Crippen LogP contribution in [0.4, 0.5) is 4.79 Å². The van der Waals surface area contributed by atoms with Crippen LogP contribution in [0.5, 0.6) is 5.88 Å². The SMILES string of the molecule is COC[C@@H]1CCCN1C(=O)c1cc(OC(=O)NC2CCN(C(C)C)CC2)n(Cc2cc(-c3ccc(Cl)s3)on2)n1. The third-order valence-electron chi connectivity index (χ3n) is 7.43. The van der Waals surface area contributed by atoms with Crippen molar-refractivity contribution in [1.82, 2.24) is 30.1 Å². The first kappa shape index (κ1) is 28.6. The zero-order valence-electron chi connectivity index (χ0n) is 23.0. The smallest absolute Gasteiger partial charge is 0.391 e. The molecule has 11 nitrogen and oxygen atoms in total. The Hall–Kier alpha value is -2.93. The average molecular weight is 591 g/mol. The van der Waals surface area contributed by atoms with Crippen LogP contribution in [-0.4, -0.2) is 88.2 Å². The van der Waals surface area contributed by atoms with Gasteiger partial charge in [-0.25, -0.2) is 9.48 Å². The van der Waals surface area contributed by atoms with Crippen LogP contribution in [-0.2, 0) is 11.3 Å². The minimum Gasteiger partial charge on any atom is -0.391 e. The van der Waals surface area contributed by atoms with E-state index in [4.69, 9.17) is 25.6 Å². The van der Waals surface area contributed by atoms with Gasteiger partial charge < -0.3 is 29.1 Å². The minimum absolute atomic E-state index is 0.0114. The summed E-state index contributed by atoms with van der Waals surface area (Å²) in [5.74, 6) is 0.508. The van der Waals surface area contributed by atoms with Gasteiger partial charge in [0.1, 0.15) is 5.69 Å². The van der Waals surface area contributed by atoms with Gasteiger partial charge in [-0.2, -0.15) is 5.10 Å². The molecule has 0 bridgehead atoms. The van der Waals surface area contributed by atoms with Gasteiger partial charge in [0.2, 0.25) is 5.88 Å². The Kier molecular flexibility index (Phi) is 9.09. The number of likely N-dealkylation sites (tertiary alicyclic amines) is 2. The molecule has 3 aromatic heterocycles. The standard InChI is InChI=1S/C27H35ClN6O5S/c1-17(2)32-11-8-18(9-12-32)29-27(36)38-25-14-21(26(35)33-10-4-5-20(33)16-37-3)30-34(25)15-19-13-22(39-31-19)23-6-7-24(28)40-23/h6-7,13-14,17-18,20H,4-5,8-12,15-16H2,1-3H3,(H,29,36)/t20-/m0/s1. The van der Waals surface area contributed by atoms with Gasteiger partial charge in [0, 0.05) is 51.0 Å². The Labute approximate surface area is 242 Å². The van der Waals surface area contributed by atoms with Crippen molar-refractivity contribution in [2.24, 2.45) is 0 Å². The first-order valence-corrected chi connectivity index (χ1v) is 14.8. The molecule has 216 valence electrons. The molecule has 0 spiro atoms. The van der Waals surface area contributed by atoms with Crippen molar-refractivity contribution in [2.45, 2.75) is 64.2 Å². The van der Waals surface area contributed by atoms with Crippen molar-refractivity contribution in [1.29, 1.82) is 0 Å². The summed E-state index contributed by atoms with van der Waals surface area (Å²) in [6.07, 6.45) is 2.89. The first-order chi connectivity index (χ1) is 19.3. The van der Waals surface area contributed by atoms with E-state index >= 15 is 0 Å². The highest BCUT2D eigenvalue weighted by Gasteiger charge is 2.32. The lowest BCUT2D eigenvalue weighted by molar-refractivity contribution is 0.0624. The Bertz CT molecular complexity index is 1310. The van der Waals surface area contributed by atoms with Crippen LogP contribution in [0.1, 0.15) is 55.7 Å². The number of aromatic nitrogens is 3. The molecule has 5 heterocycles.